The summed E-state index contributed by atoms with van der Waals surface area (Å²) < 4.78 is 2.04. The van der Waals surface area contributed by atoms with Crippen molar-refractivity contribution in [3.05, 3.63) is 59.9 Å². The molecule has 0 bridgehead atoms. The van der Waals surface area contributed by atoms with E-state index in [1.807, 2.05) is 11.6 Å². The van der Waals surface area contributed by atoms with E-state index in [2.05, 4.69) is 85.5 Å². The van der Waals surface area contributed by atoms with Crippen LogP contribution >= 0.6 is 12.6 Å². The summed E-state index contributed by atoms with van der Waals surface area (Å²) in [6, 6.07) is 12.9. The van der Waals surface area contributed by atoms with E-state index in [1.165, 1.54) is 29.7 Å². The minimum atomic E-state index is 0.967. The van der Waals surface area contributed by atoms with E-state index in [4.69, 9.17) is 0 Å². The molecule has 2 nitrogen and oxygen atoms in total. The van der Waals surface area contributed by atoms with E-state index >= 15 is 0 Å². The highest BCUT2D eigenvalue weighted by Crippen LogP contribution is 2.16. The zero-order valence-electron chi connectivity index (χ0n) is 13.4. The van der Waals surface area contributed by atoms with E-state index in [-0.39, 0.29) is 0 Å². The number of nitrogens with zero attached hydrogens (tertiary/aromatic N) is 2. The fraction of sp³-hybridized carbons (Fsp3) is 0.316. The van der Waals surface area contributed by atoms with Gasteiger partial charge in [0.05, 0.1) is 0 Å². The van der Waals surface area contributed by atoms with Crippen molar-refractivity contribution in [3.8, 4) is 0 Å². The summed E-state index contributed by atoms with van der Waals surface area (Å²) in [5.41, 5.74) is 3.70. The van der Waals surface area contributed by atoms with Gasteiger partial charge in [-0.3, -0.25) is 0 Å². The average molecular weight is 313 g/mol. The van der Waals surface area contributed by atoms with Crippen LogP contribution in [0, 0.1) is 0 Å². The number of pyridine rings is 1. The lowest BCUT2D eigenvalue weighted by Crippen LogP contribution is -2.25. The van der Waals surface area contributed by atoms with Gasteiger partial charge in [0.2, 0.25) is 0 Å². The van der Waals surface area contributed by atoms with Crippen LogP contribution in [0.25, 0.3) is 12.2 Å². The van der Waals surface area contributed by atoms with Gasteiger partial charge in [0.15, 0.2) is 12.4 Å². The molecule has 0 aliphatic rings. The van der Waals surface area contributed by atoms with Crippen LogP contribution < -0.4 is 9.47 Å². The summed E-state index contributed by atoms with van der Waals surface area (Å²) in [5, 5.41) is 0. The number of anilines is 1. The molecule has 0 atom stereocenters. The van der Waals surface area contributed by atoms with Crippen LogP contribution in [0.2, 0.25) is 0 Å². The Kier molecular flexibility index (Phi) is 6.53. The fourth-order valence-corrected chi connectivity index (χ4v) is 2.47. The smallest absolute Gasteiger partial charge is 0.169 e. The topological polar surface area (TPSA) is 7.12 Å². The van der Waals surface area contributed by atoms with Crippen molar-refractivity contribution in [2.75, 3.05) is 24.2 Å². The number of aryl methyl sites for hydroxylation is 1. The van der Waals surface area contributed by atoms with Gasteiger partial charge >= 0.3 is 0 Å². The van der Waals surface area contributed by atoms with Crippen LogP contribution in [-0.2, 0) is 7.05 Å². The number of rotatable bonds is 7. The zero-order chi connectivity index (χ0) is 15.8. The third-order valence-electron chi connectivity index (χ3n) is 3.71. The molecular formula is C19H25N2S+. The molecule has 0 unspecified atom stereocenters. The van der Waals surface area contributed by atoms with Crippen molar-refractivity contribution < 1.29 is 4.57 Å². The third-order valence-corrected chi connectivity index (χ3v) is 4.02. The molecule has 2 aromatic rings. The Balaban J connectivity index is 1.95. The molecule has 0 aliphatic carbocycles. The zero-order valence-corrected chi connectivity index (χ0v) is 14.3. The molecule has 116 valence electrons. The summed E-state index contributed by atoms with van der Waals surface area (Å²) in [4.78, 5) is 2.30. The number of aromatic nitrogens is 1. The molecule has 0 amide bonds. The van der Waals surface area contributed by atoms with Gasteiger partial charge in [0.25, 0.3) is 0 Å². The van der Waals surface area contributed by atoms with Crippen molar-refractivity contribution in [3.63, 3.8) is 0 Å². The Labute approximate surface area is 139 Å². The van der Waals surface area contributed by atoms with Gasteiger partial charge in [-0.25, -0.2) is 4.57 Å². The van der Waals surface area contributed by atoms with Gasteiger partial charge in [-0.05, 0) is 41.9 Å². The predicted molar refractivity (Wildman–Crippen MR) is 99.3 cm³/mol. The van der Waals surface area contributed by atoms with Gasteiger partial charge in [0.1, 0.15) is 7.05 Å². The maximum Gasteiger partial charge on any atom is 0.169 e. The maximum absolute atomic E-state index is 4.26. The highest BCUT2D eigenvalue weighted by molar-refractivity contribution is 7.80. The number of benzene rings is 1. The number of hydrogen-bond donors (Lipinski definition) is 1. The van der Waals surface area contributed by atoms with Crippen molar-refractivity contribution in [2.45, 2.75) is 12.8 Å². The molecule has 2 rings (SSSR count). The molecule has 0 fully saturated rings. The Hall–Kier alpha value is -1.74. The van der Waals surface area contributed by atoms with Crippen LogP contribution in [0.1, 0.15) is 24.0 Å². The first kappa shape index (κ1) is 16.6. The summed E-state index contributed by atoms with van der Waals surface area (Å²) in [5.74, 6) is 0.967. The van der Waals surface area contributed by atoms with Crippen molar-refractivity contribution >= 4 is 30.5 Å². The van der Waals surface area contributed by atoms with Crippen LogP contribution in [-0.4, -0.2) is 19.3 Å². The Morgan fingerprint density at radius 2 is 1.55 bits per heavy atom. The molecule has 3 heteroatoms. The SMILES string of the molecule is CN(CCCCS)c1ccc(/C=C/c2cc[n+](C)cc2)cc1. The molecule has 0 saturated carbocycles. The van der Waals surface area contributed by atoms with Crippen LogP contribution in [0.3, 0.4) is 0 Å². The van der Waals surface area contributed by atoms with E-state index < -0.39 is 0 Å². The molecule has 1 aromatic carbocycles. The monoisotopic (exact) mass is 313 g/mol. The Morgan fingerprint density at radius 3 is 2.14 bits per heavy atom. The Bertz CT molecular complexity index is 588. The van der Waals surface area contributed by atoms with Crippen LogP contribution in [0.5, 0.6) is 0 Å². The first-order valence-corrected chi connectivity index (χ1v) is 8.38. The highest BCUT2D eigenvalue weighted by Gasteiger charge is 2.00. The average Bonchev–Trinajstić information content (AvgIpc) is 2.55. The molecule has 0 aliphatic heterocycles. The Morgan fingerprint density at radius 1 is 0.955 bits per heavy atom. The van der Waals surface area contributed by atoms with E-state index in [1.54, 1.807) is 0 Å². The second kappa shape index (κ2) is 8.64. The normalized spacial score (nSPS) is 11.0. The lowest BCUT2D eigenvalue weighted by atomic mass is 10.1. The second-order valence-corrected chi connectivity index (χ2v) is 6.02. The molecule has 1 heterocycles. The van der Waals surface area contributed by atoms with Gasteiger partial charge in [-0.15, -0.1) is 0 Å². The summed E-state index contributed by atoms with van der Waals surface area (Å²) >= 11 is 4.26. The van der Waals surface area contributed by atoms with Crippen molar-refractivity contribution in [2.24, 2.45) is 7.05 Å². The first-order chi connectivity index (χ1) is 10.7. The molecule has 0 N–H and O–H groups in total. The molecule has 1 aromatic heterocycles. The summed E-state index contributed by atoms with van der Waals surface area (Å²) in [6.45, 7) is 1.08. The van der Waals surface area contributed by atoms with E-state index in [0.29, 0.717) is 0 Å². The van der Waals surface area contributed by atoms with Crippen molar-refractivity contribution in [1.82, 2.24) is 0 Å². The quantitative estimate of drug-likeness (QED) is 0.463. The molecule has 0 saturated heterocycles. The van der Waals surface area contributed by atoms with Crippen LogP contribution in [0.15, 0.2) is 48.8 Å². The first-order valence-electron chi connectivity index (χ1n) is 7.74. The minimum Gasteiger partial charge on any atom is -0.375 e. The number of thiol groups is 1. The van der Waals surface area contributed by atoms with Crippen molar-refractivity contribution in [1.29, 1.82) is 0 Å². The third kappa shape index (κ3) is 5.23. The number of hydrogen-bond acceptors (Lipinski definition) is 2. The van der Waals surface area contributed by atoms with E-state index in [0.717, 1.165) is 12.3 Å². The van der Waals surface area contributed by atoms with E-state index in [9.17, 15) is 0 Å². The lowest BCUT2D eigenvalue weighted by Gasteiger charge is -2.19. The molecule has 22 heavy (non-hydrogen) atoms. The largest absolute Gasteiger partial charge is 0.375 e. The van der Waals surface area contributed by atoms with Gasteiger partial charge in [-0.2, -0.15) is 12.6 Å². The highest BCUT2D eigenvalue weighted by atomic mass is 32.1. The fourth-order valence-electron chi connectivity index (χ4n) is 2.25. The maximum atomic E-state index is 4.26. The molecular weight excluding hydrogens is 288 g/mol. The van der Waals surface area contributed by atoms with Gasteiger partial charge < -0.3 is 4.90 Å². The van der Waals surface area contributed by atoms with Gasteiger partial charge in [0, 0.05) is 31.4 Å². The lowest BCUT2D eigenvalue weighted by molar-refractivity contribution is -0.671. The molecule has 0 spiro atoms. The number of unbranched alkanes of at least 4 members (excludes halogenated alkanes) is 1. The molecule has 0 radical (unpaired) electrons. The predicted octanol–water partition coefficient (Wildman–Crippen LogP) is 3.83. The minimum absolute atomic E-state index is 0.967. The second-order valence-electron chi connectivity index (χ2n) is 5.57. The summed E-state index contributed by atoms with van der Waals surface area (Å²) in [6.07, 6.45) is 10.8. The summed E-state index contributed by atoms with van der Waals surface area (Å²) in [7, 11) is 4.17. The van der Waals surface area contributed by atoms with Gasteiger partial charge in [-0.1, -0.05) is 24.3 Å². The van der Waals surface area contributed by atoms with Crippen LogP contribution in [0.4, 0.5) is 5.69 Å². The standard InChI is InChI=1S/C19H24N2S/c1-20-14-11-18(12-15-20)6-5-17-7-9-19(10-8-17)21(2)13-3-4-16-22/h5-12,14-15H,3-4,13,16H2,1-2H3/p+1.